The molecule has 0 bridgehead atoms. The van der Waals surface area contributed by atoms with Gasteiger partial charge in [0.15, 0.2) is 5.82 Å². The summed E-state index contributed by atoms with van der Waals surface area (Å²) in [5, 5.41) is 6.62. The molecule has 2 aliphatic carbocycles. The van der Waals surface area contributed by atoms with E-state index in [4.69, 9.17) is 0 Å². The van der Waals surface area contributed by atoms with Gasteiger partial charge in [-0.05, 0) is 62.3 Å². The Labute approximate surface area is 210 Å². The highest BCUT2D eigenvalue weighted by molar-refractivity contribution is 5.79. The van der Waals surface area contributed by atoms with Gasteiger partial charge in [0.2, 0.25) is 11.9 Å². The van der Waals surface area contributed by atoms with Crippen molar-refractivity contribution in [1.82, 2.24) is 20.3 Å². The number of hydrogen-bond acceptors (Lipinski definition) is 5. The predicted octanol–water partition coefficient (Wildman–Crippen LogP) is 5.06. The van der Waals surface area contributed by atoms with Crippen molar-refractivity contribution < 1.29 is 9.18 Å². The van der Waals surface area contributed by atoms with E-state index in [1.165, 1.54) is 12.6 Å². The number of carbonyl (C=O) groups is 1. The summed E-state index contributed by atoms with van der Waals surface area (Å²) >= 11 is 0. The van der Waals surface area contributed by atoms with Crippen molar-refractivity contribution in [1.29, 1.82) is 0 Å². The molecule has 2 saturated carbocycles. The number of H-pyrrole nitrogens is 1. The molecule has 0 unspecified atom stereocenters. The number of rotatable bonds is 6. The summed E-state index contributed by atoms with van der Waals surface area (Å²) in [7, 11) is 0. The van der Waals surface area contributed by atoms with Gasteiger partial charge < -0.3 is 15.6 Å². The molecule has 2 aromatic heterocycles. The first-order chi connectivity index (χ1) is 17.6. The third-order valence-corrected chi connectivity index (χ3v) is 7.39. The van der Waals surface area contributed by atoms with Crippen LogP contribution in [0.3, 0.4) is 0 Å². The van der Waals surface area contributed by atoms with Gasteiger partial charge in [0.05, 0.1) is 6.20 Å². The van der Waals surface area contributed by atoms with Crippen molar-refractivity contribution in [3.05, 3.63) is 65.0 Å². The summed E-state index contributed by atoms with van der Waals surface area (Å²) in [6, 6.07) is 11.0. The molecular formula is C28H32FN5O2. The molecule has 5 rings (SSSR count). The molecule has 1 amide bonds. The summed E-state index contributed by atoms with van der Waals surface area (Å²) in [4.78, 5) is 36.1. The summed E-state index contributed by atoms with van der Waals surface area (Å²) in [5.74, 6) is 0.259. The van der Waals surface area contributed by atoms with E-state index in [9.17, 15) is 14.0 Å². The van der Waals surface area contributed by atoms with Crippen molar-refractivity contribution >= 4 is 11.9 Å². The van der Waals surface area contributed by atoms with Gasteiger partial charge in [-0.1, -0.05) is 37.5 Å². The predicted molar refractivity (Wildman–Crippen MR) is 138 cm³/mol. The Morgan fingerprint density at radius 3 is 2.47 bits per heavy atom. The van der Waals surface area contributed by atoms with Gasteiger partial charge in [0, 0.05) is 35.3 Å². The van der Waals surface area contributed by atoms with Crippen LogP contribution in [0.15, 0.2) is 53.6 Å². The number of nitrogens with zero attached hydrogens (tertiary/aromatic N) is 2. The zero-order chi connectivity index (χ0) is 24.9. The molecule has 7 nitrogen and oxygen atoms in total. The number of anilines is 1. The SMILES string of the molecule is O=C(N[C@H]1CC[C@H](Nc2ncc(F)c(-c3cccc(-c4ccc[nH]c4=O)c3)n2)CC1)C1CCCCC1. The minimum Gasteiger partial charge on any atom is -0.353 e. The maximum absolute atomic E-state index is 14.7. The lowest BCUT2D eigenvalue weighted by Gasteiger charge is -2.31. The van der Waals surface area contributed by atoms with E-state index in [2.05, 4.69) is 25.6 Å². The van der Waals surface area contributed by atoms with Gasteiger partial charge in [-0.3, -0.25) is 9.59 Å². The largest absolute Gasteiger partial charge is 0.353 e. The minimum atomic E-state index is -0.520. The van der Waals surface area contributed by atoms with Crippen LogP contribution >= 0.6 is 0 Å². The van der Waals surface area contributed by atoms with Gasteiger partial charge in [0.25, 0.3) is 5.56 Å². The van der Waals surface area contributed by atoms with E-state index < -0.39 is 5.82 Å². The number of carbonyl (C=O) groups excluding carboxylic acids is 1. The number of benzene rings is 1. The minimum absolute atomic E-state index is 0.167. The number of hydrogen-bond donors (Lipinski definition) is 3. The lowest BCUT2D eigenvalue weighted by Crippen LogP contribution is -2.43. The molecule has 0 radical (unpaired) electrons. The van der Waals surface area contributed by atoms with E-state index in [0.717, 1.165) is 51.4 Å². The molecule has 1 aromatic carbocycles. The van der Waals surface area contributed by atoms with Crippen LogP contribution in [0.25, 0.3) is 22.4 Å². The fourth-order valence-electron chi connectivity index (χ4n) is 5.37. The Kier molecular flexibility index (Phi) is 7.39. The Bertz CT molecular complexity index is 1260. The highest BCUT2D eigenvalue weighted by atomic mass is 19.1. The van der Waals surface area contributed by atoms with E-state index in [-0.39, 0.29) is 35.2 Å². The molecule has 188 valence electrons. The highest BCUT2D eigenvalue weighted by Gasteiger charge is 2.27. The first kappa shape index (κ1) is 24.2. The molecule has 3 N–H and O–H groups in total. The molecule has 2 aliphatic rings. The van der Waals surface area contributed by atoms with Crippen molar-refractivity contribution in [2.75, 3.05) is 5.32 Å². The van der Waals surface area contributed by atoms with E-state index in [1.54, 1.807) is 36.5 Å². The van der Waals surface area contributed by atoms with E-state index >= 15 is 0 Å². The Morgan fingerprint density at radius 2 is 1.69 bits per heavy atom. The van der Waals surface area contributed by atoms with Crippen LogP contribution in [-0.4, -0.2) is 32.9 Å². The quantitative estimate of drug-likeness (QED) is 0.450. The van der Waals surface area contributed by atoms with Gasteiger partial charge in [0.1, 0.15) is 5.69 Å². The second kappa shape index (κ2) is 11.0. The van der Waals surface area contributed by atoms with Gasteiger partial charge in [-0.2, -0.15) is 0 Å². The summed E-state index contributed by atoms with van der Waals surface area (Å²) in [5.41, 5.74) is 1.77. The Morgan fingerprint density at radius 1 is 0.944 bits per heavy atom. The molecule has 0 atom stereocenters. The number of pyridine rings is 1. The standard InChI is InChI=1S/C28H32FN5O2/c29-24-17-31-28(33-22-13-11-21(12-14-22)32-26(35)18-6-2-1-3-7-18)34-25(24)20-9-4-8-19(16-20)23-10-5-15-30-27(23)36/h4-5,8-10,15-18,21-22H,1-3,6-7,11-14H2,(H,30,36)(H,32,35)(H,31,33,34)/t21-,22-. The van der Waals surface area contributed by atoms with Crippen molar-refractivity contribution in [2.45, 2.75) is 69.9 Å². The average molecular weight is 490 g/mol. The van der Waals surface area contributed by atoms with Crippen LogP contribution in [-0.2, 0) is 4.79 Å². The number of halogens is 1. The summed E-state index contributed by atoms with van der Waals surface area (Å²) < 4.78 is 14.7. The van der Waals surface area contributed by atoms with Crippen LogP contribution in [0.1, 0.15) is 57.8 Å². The zero-order valence-electron chi connectivity index (χ0n) is 20.3. The smallest absolute Gasteiger partial charge is 0.255 e. The Hall–Kier alpha value is -3.55. The summed E-state index contributed by atoms with van der Waals surface area (Å²) in [6.45, 7) is 0. The molecule has 3 aromatic rings. The van der Waals surface area contributed by atoms with Crippen LogP contribution in [0.5, 0.6) is 0 Å². The van der Waals surface area contributed by atoms with Crippen LogP contribution in [0.4, 0.5) is 10.3 Å². The lowest BCUT2D eigenvalue weighted by atomic mass is 9.87. The maximum Gasteiger partial charge on any atom is 0.255 e. The second-order valence-electron chi connectivity index (χ2n) is 9.92. The third-order valence-electron chi connectivity index (χ3n) is 7.39. The van der Waals surface area contributed by atoms with Gasteiger partial charge in [-0.15, -0.1) is 0 Å². The van der Waals surface area contributed by atoms with E-state index in [1.807, 2.05) is 6.07 Å². The first-order valence-corrected chi connectivity index (χ1v) is 12.9. The Balaban J connectivity index is 1.22. The number of nitrogens with one attached hydrogen (secondary N) is 3. The third kappa shape index (κ3) is 5.64. The molecular weight excluding hydrogens is 457 g/mol. The molecule has 2 fully saturated rings. The fourth-order valence-corrected chi connectivity index (χ4v) is 5.37. The van der Waals surface area contributed by atoms with Crippen LogP contribution in [0.2, 0.25) is 0 Å². The monoisotopic (exact) mass is 489 g/mol. The highest BCUT2D eigenvalue weighted by Crippen LogP contribution is 2.28. The average Bonchev–Trinajstić information content (AvgIpc) is 2.92. The van der Waals surface area contributed by atoms with Crippen LogP contribution in [0, 0.1) is 11.7 Å². The summed E-state index contributed by atoms with van der Waals surface area (Å²) in [6.07, 6.45) is 11.9. The molecule has 36 heavy (non-hydrogen) atoms. The fraction of sp³-hybridized carbons (Fsp3) is 0.429. The van der Waals surface area contributed by atoms with Crippen molar-refractivity contribution in [3.8, 4) is 22.4 Å². The molecule has 2 heterocycles. The molecule has 0 aliphatic heterocycles. The normalized spacial score (nSPS) is 20.6. The molecule has 8 heteroatoms. The number of aromatic nitrogens is 3. The zero-order valence-corrected chi connectivity index (χ0v) is 20.3. The van der Waals surface area contributed by atoms with E-state index in [0.29, 0.717) is 22.6 Å². The topological polar surface area (TPSA) is 99.8 Å². The number of aromatic amines is 1. The van der Waals surface area contributed by atoms with Gasteiger partial charge in [-0.25, -0.2) is 14.4 Å². The van der Waals surface area contributed by atoms with Crippen molar-refractivity contribution in [2.24, 2.45) is 5.92 Å². The van der Waals surface area contributed by atoms with Crippen molar-refractivity contribution in [3.63, 3.8) is 0 Å². The first-order valence-electron chi connectivity index (χ1n) is 12.9. The molecule has 0 spiro atoms. The number of amides is 1. The van der Waals surface area contributed by atoms with Gasteiger partial charge >= 0.3 is 0 Å². The molecule has 0 saturated heterocycles. The second-order valence-corrected chi connectivity index (χ2v) is 9.92. The maximum atomic E-state index is 14.7. The lowest BCUT2D eigenvalue weighted by molar-refractivity contribution is -0.126. The van der Waals surface area contributed by atoms with Crippen LogP contribution < -0.4 is 16.2 Å².